The molecule has 0 aliphatic carbocycles. The van der Waals surface area contributed by atoms with E-state index in [0.717, 1.165) is 43.7 Å². The van der Waals surface area contributed by atoms with E-state index < -0.39 is 0 Å². The number of hydrogen-bond acceptors (Lipinski definition) is 3. The van der Waals surface area contributed by atoms with Gasteiger partial charge in [-0.05, 0) is 60.8 Å². The van der Waals surface area contributed by atoms with Gasteiger partial charge in [-0.15, -0.1) is 0 Å². The van der Waals surface area contributed by atoms with Gasteiger partial charge in [0.25, 0.3) is 0 Å². The molecule has 4 nitrogen and oxygen atoms in total. The number of thiocarbonyl (C=S) groups is 1. The summed E-state index contributed by atoms with van der Waals surface area (Å²) in [6.07, 6.45) is 5.12. The minimum atomic E-state index is 0.642. The molecule has 1 rings (SSSR count). The quantitative estimate of drug-likeness (QED) is 0.320. The average molecular weight is 336 g/mol. The van der Waals surface area contributed by atoms with Gasteiger partial charge in [0.1, 0.15) is 5.75 Å². The first-order chi connectivity index (χ1) is 11.0. The molecule has 0 spiro atoms. The van der Waals surface area contributed by atoms with Crippen LogP contribution in [0.4, 0.5) is 0 Å². The molecule has 0 saturated heterocycles. The molecule has 0 unspecified atom stereocenters. The van der Waals surface area contributed by atoms with E-state index in [2.05, 4.69) is 31.2 Å². The molecule has 0 aliphatic rings. The van der Waals surface area contributed by atoms with Crippen molar-refractivity contribution in [2.45, 2.75) is 40.0 Å². The summed E-state index contributed by atoms with van der Waals surface area (Å²) in [7, 11) is 1.85. The summed E-state index contributed by atoms with van der Waals surface area (Å²) in [6, 6.07) is 7.93. The Hall–Kier alpha value is -1.62. The highest BCUT2D eigenvalue weighted by Crippen LogP contribution is 2.12. The predicted octanol–water partition coefficient (Wildman–Crippen LogP) is 4.05. The van der Waals surface area contributed by atoms with E-state index in [4.69, 9.17) is 17.0 Å². The third kappa shape index (κ3) is 8.55. The highest BCUT2D eigenvalue weighted by Gasteiger charge is 2.00. The van der Waals surface area contributed by atoms with Crippen LogP contribution in [0.3, 0.4) is 0 Å². The van der Waals surface area contributed by atoms with Crippen LogP contribution in [0.1, 0.15) is 45.6 Å². The van der Waals surface area contributed by atoms with Crippen molar-refractivity contribution in [1.82, 2.24) is 10.3 Å². The molecule has 128 valence electrons. The molecule has 1 N–H and O–H groups in total. The molecule has 0 saturated carbocycles. The Labute approximate surface area is 145 Å². The Balaban J connectivity index is 2.42. The number of unbranched alkanes of at least 4 members (excludes halogenated alkanes) is 1. The SMILES string of the molecule is CCCCNC(=S)N(C)N=Cc1ccc(OCCC(C)C)cc1. The lowest BCUT2D eigenvalue weighted by atomic mass is 10.1. The number of nitrogens with zero attached hydrogens (tertiary/aromatic N) is 2. The number of nitrogens with one attached hydrogen (secondary N) is 1. The summed E-state index contributed by atoms with van der Waals surface area (Å²) in [5.41, 5.74) is 1.02. The van der Waals surface area contributed by atoms with E-state index in [1.807, 2.05) is 31.3 Å². The Morgan fingerprint density at radius 1 is 1.35 bits per heavy atom. The molecule has 0 aromatic heterocycles. The van der Waals surface area contributed by atoms with Crippen LogP contribution in [-0.4, -0.2) is 36.5 Å². The zero-order chi connectivity index (χ0) is 17.1. The Bertz CT molecular complexity index is 486. The summed E-state index contributed by atoms with van der Waals surface area (Å²) in [5, 5.41) is 9.86. The van der Waals surface area contributed by atoms with Crippen LogP contribution in [-0.2, 0) is 0 Å². The number of hydrazone groups is 1. The van der Waals surface area contributed by atoms with Crippen molar-refractivity contribution >= 4 is 23.5 Å². The van der Waals surface area contributed by atoms with Gasteiger partial charge in [0.05, 0.1) is 12.8 Å². The van der Waals surface area contributed by atoms with Gasteiger partial charge in [-0.25, -0.2) is 5.01 Å². The largest absolute Gasteiger partial charge is 0.494 e. The lowest BCUT2D eigenvalue weighted by molar-refractivity contribution is 0.289. The minimum absolute atomic E-state index is 0.642. The third-order valence-corrected chi connectivity index (χ3v) is 3.73. The van der Waals surface area contributed by atoms with Crippen LogP contribution in [0.25, 0.3) is 0 Å². The van der Waals surface area contributed by atoms with E-state index in [9.17, 15) is 0 Å². The average Bonchev–Trinajstić information content (AvgIpc) is 2.53. The molecular weight excluding hydrogens is 306 g/mol. The summed E-state index contributed by atoms with van der Waals surface area (Å²) in [5.74, 6) is 1.56. The fourth-order valence-corrected chi connectivity index (χ4v) is 1.90. The summed E-state index contributed by atoms with van der Waals surface area (Å²) < 4.78 is 5.70. The molecule has 0 radical (unpaired) electrons. The van der Waals surface area contributed by atoms with Crippen LogP contribution >= 0.6 is 12.2 Å². The van der Waals surface area contributed by atoms with Crippen LogP contribution in [0.5, 0.6) is 5.75 Å². The first-order valence-electron chi connectivity index (χ1n) is 8.31. The normalized spacial score (nSPS) is 11.0. The lowest BCUT2D eigenvalue weighted by Gasteiger charge is -2.15. The summed E-state index contributed by atoms with van der Waals surface area (Å²) in [4.78, 5) is 0. The van der Waals surface area contributed by atoms with Gasteiger partial charge in [-0.3, -0.25) is 0 Å². The number of hydrogen-bond donors (Lipinski definition) is 1. The van der Waals surface area contributed by atoms with E-state index in [0.29, 0.717) is 11.0 Å². The van der Waals surface area contributed by atoms with Gasteiger partial charge in [0.2, 0.25) is 0 Å². The van der Waals surface area contributed by atoms with E-state index in [1.165, 1.54) is 0 Å². The van der Waals surface area contributed by atoms with Crippen LogP contribution < -0.4 is 10.1 Å². The monoisotopic (exact) mass is 335 g/mol. The minimum Gasteiger partial charge on any atom is -0.494 e. The summed E-state index contributed by atoms with van der Waals surface area (Å²) >= 11 is 5.28. The van der Waals surface area contributed by atoms with Crippen molar-refractivity contribution in [1.29, 1.82) is 0 Å². The maximum Gasteiger partial charge on any atom is 0.189 e. The molecule has 0 amide bonds. The van der Waals surface area contributed by atoms with Crippen molar-refractivity contribution in [3.05, 3.63) is 29.8 Å². The van der Waals surface area contributed by atoms with Crippen molar-refractivity contribution < 1.29 is 4.74 Å². The fourth-order valence-electron chi connectivity index (χ4n) is 1.75. The van der Waals surface area contributed by atoms with E-state index >= 15 is 0 Å². The van der Waals surface area contributed by atoms with Crippen molar-refractivity contribution in [2.75, 3.05) is 20.2 Å². The maximum atomic E-state index is 5.70. The molecule has 1 aromatic carbocycles. The number of rotatable bonds is 9. The van der Waals surface area contributed by atoms with Crippen molar-refractivity contribution in [3.63, 3.8) is 0 Å². The smallest absolute Gasteiger partial charge is 0.189 e. The highest BCUT2D eigenvalue weighted by molar-refractivity contribution is 7.80. The molecule has 0 bridgehead atoms. The zero-order valence-electron chi connectivity index (χ0n) is 14.7. The van der Waals surface area contributed by atoms with Crippen molar-refractivity contribution in [3.8, 4) is 5.75 Å². The second-order valence-electron chi connectivity index (χ2n) is 5.95. The van der Waals surface area contributed by atoms with Gasteiger partial charge in [-0.2, -0.15) is 5.10 Å². The van der Waals surface area contributed by atoms with Gasteiger partial charge >= 0.3 is 0 Å². The molecular formula is C18H29N3OS. The van der Waals surface area contributed by atoms with Gasteiger partial charge in [0, 0.05) is 13.6 Å². The number of ether oxygens (including phenoxy) is 1. The Morgan fingerprint density at radius 2 is 2.04 bits per heavy atom. The topological polar surface area (TPSA) is 36.9 Å². The molecule has 0 fully saturated rings. The Morgan fingerprint density at radius 3 is 2.65 bits per heavy atom. The van der Waals surface area contributed by atoms with Gasteiger partial charge in [-0.1, -0.05) is 27.2 Å². The lowest BCUT2D eigenvalue weighted by Crippen LogP contribution is -2.34. The van der Waals surface area contributed by atoms with Crippen molar-refractivity contribution in [2.24, 2.45) is 11.0 Å². The van der Waals surface area contributed by atoms with Gasteiger partial charge < -0.3 is 10.1 Å². The Kier molecular flexibility index (Phi) is 9.29. The highest BCUT2D eigenvalue weighted by atomic mass is 32.1. The van der Waals surface area contributed by atoms with Crippen LogP contribution in [0.15, 0.2) is 29.4 Å². The van der Waals surface area contributed by atoms with Crippen LogP contribution in [0, 0.1) is 5.92 Å². The third-order valence-electron chi connectivity index (χ3n) is 3.32. The molecule has 5 heteroatoms. The second-order valence-corrected chi connectivity index (χ2v) is 6.34. The predicted molar refractivity (Wildman–Crippen MR) is 102 cm³/mol. The molecule has 0 heterocycles. The fraction of sp³-hybridized carbons (Fsp3) is 0.556. The first kappa shape index (κ1) is 19.4. The standard InChI is InChI=1S/C18H29N3OS/c1-5-6-12-19-18(23)21(4)20-14-16-7-9-17(10-8-16)22-13-11-15(2)3/h7-10,14-15H,5-6,11-13H2,1-4H3,(H,19,23). The zero-order valence-corrected chi connectivity index (χ0v) is 15.5. The maximum absolute atomic E-state index is 5.70. The summed E-state index contributed by atoms with van der Waals surface area (Å²) in [6.45, 7) is 8.19. The number of benzene rings is 1. The van der Waals surface area contributed by atoms with E-state index in [1.54, 1.807) is 11.2 Å². The van der Waals surface area contributed by atoms with Crippen LogP contribution in [0.2, 0.25) is 0 Å². The second kappa shape index (κ2) is 11.0. The van der Waals surface area contributed by atoms with Gasteiger partial charge in [0.15, 0.2) is 5.11 Å². The van der Waals surface area contributed by atoms with E-state index in [-0.39, 0.29) is 0 Å². The molecule has 1 aromatic rings. The first-order valence-corrected chi connectivity index (χ1v) is 8.72. The molecule has 23 heavy (non-hydrogen) atoms. The molecule has 0 atom stereocenters. The molecule has 0 aliphatic heterocycles.